The highest BCUT2D eigenvalue weighted by atomic mass is 19.1. The van der Waals surface area contributed by atoms with E-state index in [0.717, 1.165) is 60.3 Å². The van der Waals surface area contributed by atoms with Gasteiger partial charge in [-0.3, -0.25) is 4.90 Å². The Morgan fingerprint density at radius 3 is 2.97 bits per heavy atom. The molecule has 0 saturated carbocycles. The third-order valence-corrected chi connectivity index (χ3v) is 9.19. The standard InChI is InChI=1S/C29H36FN5O2/c1-18-7-9-29(27-20(18)5-6-23(32)21(27)14-31)13-24-22(16-37-29)25(34(2)3)11-26(33-24)36-17-28-8-4-10-35(28)15-19(30)12-28/h5-6,11,18-19H,4,7-10,12-13,15-17,32H2,1-3H3. The molecule has 8 heteroatoms. The van der Waals surface area contributed by atoms with Crippen LogP contribution in [0.3, 0.4) is 0 Å². The molecule has 1 aliphatic carbocycles. The van der Waals surface area contributed by atoms with Gasteiger partial charge in [-0.25, -0.2) is 9.37 Å². The summed E-state index contributed by atoms with van der Waals surface area (Å²) in [4.78, 5) is 9.34. The molecule has 4 heterocycles. The average Bonchev–Trinajstić information content (AvgIpc) is 3.40. The van der Waals surface area contributed by atoms with Crippen molar-refractivity contribution in [3.63, 3.8) is 0 Å². The summed E-state index contributed by atoms with van der Waals surface area (Å²) in [6.07, 6.45) is 4.12. The second-order valence-corrected chi connectivity index (χ2v) is 11.7. The largest absolute Gasteiger partial charge is 0.476 e. The summed E-state index contributed by atoms with van der Waals surface area (Å²) in [5, 5.41) is 10.0. The van der Waals surface area contributed by atoms with Crippen molar-refractivity contribution in [1.29, 1.82) is 5.26 Å². The van der Waals surface area contributed by atoms with Crippen LogP contribution in [0.4, 0.5) is 15.8 Å². The normalized spacial score (nSPS) is 30.5. The fourth-order valence-corrected chi connectivity index (χ4v) is 7.26. The molecule has 6 rings (SSSR count). The number of alkyl halides is 1. The fraction of sp³-hybridized carbons (Fsp3) is 0.586. The van der Waals surface area contributed by atoms with Crippen molar-refractivity contribution >= 4 is 11.4 Å². The van der Waals surface area contributed by atoms with Crippen LogP contribution in [0.2, 0.25) is 0 Å². The lowest BCUT2D eigenvalue weighted by molar-refractivity contribution is -0.0871. The summed E-state index contributed by atoms with van der Waals surface area (Å²) < 4.78 is 27.3. The maximum atomic E-state index is 14.3. The SMILES string of the molecule is CC1CCC2(Cc3nc(OCC45CCCN4CC(F)C5)cc(N(C)C)c3CO2)c2c1ccc(N)c2C#N. The van der Waals surface area contributed by atoms with Crippen molar-refractivity contribution in [2.45, 2.75) is 75.3 Å². The van der Waals surface area contributed by atoms with Crippen molar-refractivity contribution in [3.05, 3.63) is 46.1 Å². The summed E-state index contributed by atoms with van der Waals surface area (Å²) in [5.74, 6) is 0.901. The van der Waals surface area contributed by atoms with Crippen molar-refractivity contribution in [3.8, 4) is 11.9 Å². The zero-order valence-electron chi connectivity index (χ0n) is 22.0. The topological polar surface area (TPSA) is 87.6 Å². The van der Waals surface area contributed by atoms with Gasteiger partial charge in [0.15, 0.2) is 0 Å². The van der Waals surface area contributed by atoms with Crippen LogP contribution in [0.15, 0.2) is 18.2 Å². The third-order valence-electron chi connectivity index (χ3n) is 9.19. The van der Waals surface area contributed by atoms with Gasteiger partial charge in [-0.2, -0.15) is 5.26 Å². The number of nitrogens with zero attached hydrogens (tertiary/aromatic N) is 4. The molecule has 2 N–H and O–H groups in total. The lowest BCUT2D eigenvalue weighted by Crippen LogP contribution is -2.43. The van der Waals surface area contributed by atoms with E-state index in [0.29, 0.717) is 55.6 Å². The number of nitrogen functional groups attached to an aromatic ring is 1. The molecular formula is C29H36FN5O2. The van der Waals surface area contributed by atoms with E-state index in [2.05, 4.69) is 28.9 Å². The van der Waals surface area contributed by atoms with Crippen molar-refractivity contribution < 1.29 is 13.9 Å². The summed E-state index contributed by atoms with van der Waals surface area (Å²) >= 11 is 0. The van der Waals surface area contributed by atoms with Gasteiger partial charge in [-0.1, -0.05) is 13.0 Å². The Balaban J connectivity index is 1.37. The van der Waals surface area contributed by atoms with Crippen molar-refractivity contribution in [2.75, 3.05) is 44.4 Å². The monoisotopic (exact) mass is 505 g/mol. The lowest BCUT2D eigenvalue weighted by atomic mass is 9.69. The summed E-state index contributed by atoms with van der Waals surface area (Å²) in [6.45, 7) is 4.50. The van der Waals surface area contributed by atoms with E-state index in [4.69, 9.17) is 20.2 Å². The molecular weight excluding hydrogens is 469 g/mol. The zero-order chi connectivity index (χ0) is 25.9. The first-order chi connectivity index (χ1) is 17.7. The van der Waals surface area contributed by atoms with Crippen LogP contribution < -0.4 is 15.4 Å². The molecule has 4 atom stereocenters. The summed E-state index contributed by atoms with van der Waals surface area (Å²) in [7, 11) is 4.02. The molecule has 0 amide bonds. The van der Waals surface area contributed by atoms with Gasteiger partial charge in [0.05, 0.1) is 23.4 Å². The van der Waals surface area contributed by atoms with Gasteiger partial charge in [0.2, 0.25) is 5.88 Å². The number of hydrogen-bond acceptors (Lipinski definition) is 7. The lowest BCUT2D eigenvalue weighted by Gasteiger charge is -2.45. The van der Waals surface area contributed by atoms with Crippen LogP contribution in [0.25, 0.3) is 0 Å². The fourth-order valence-electron chi connectivity index (χ4n) is 7.26. The number of anilines is 2. The van der Waals surface area contributed by atoms with Crippen molar-refractivity contribution in [2.24, 2.45) is 0 Å². The smallest absolute Gasteiger partial charge is 0.215 e. The number of halogens is 1. The minimum atomic E-state index is -0.787. The molecule has 4 aliphatic rings. The maximum Gasteiger partial charge on any atom is 0.215 e. The molecule has 0 radical (unpaired) electrons. The third kappa shape index (κ3) is 3.86. The molecule has 3 aliphatic heterocycles. The first-order valence-electron chi connectivity index (χ1n) is 13.4. The molecule has 2 saturated heterocycles. The van der Waals surface area contributed by atoms with E-state index in [9.17, 15) is 9.65 Å². The number of ether oxygens (including phenoxy) is 2. The number of nitrogens with two attached hydrogens (primary N) is 1. The Bertz CT molecular complexity index is 1280. The average molecular weight is 506 g/mol. The second kappa shape index (κ2) is 8.85. The van der Waals surface area contributed by atoms with Gasteiger partial charge in [0.25, 0.3) is 0 Å². The molecule has 37 heavy (non-hydrogen) atoms. The molecule has 1 aromatic carbocycles. The van der Waals surface area contributed by atoms with Crippen LogP contribution in [-0.4, -0.2) is 55.4 Å². The van der Waals surface area contributed by atoms with E-state index in [1.807, 2.05) is 26.2 Å². The number of rotatable bonds is 4. The Morgan fingerprint density at radius 1 is 1.35 bits per heavy atom. The van der Waals surface area contributed by atoms with Crippen molar-refractivity contribution in [1.82, 2.24) is 9.88 Å². The minimum Gasteiger partial charge on any atom is -0.476 e. The van der Waals surface area contributed by atoms with E-state index in [-0.39, 0.29) is 5.54 Å². The molecule has 1 aromatic heterocycles. The van der Waals surface area contributed by atoms with Gasteiger partial charge in [-0.15, -0.1) is 0 Å². The highest BCUT2D eigenvalue weighted by Gasteiger charge is 2.50. The van der Waals surface area contributed by atoms with Crippen LogP contribution in [-0.2, 0) is 23.4 Å². The Labute approximate surface area is 218 Å². The summed E-state index contributed by atoms with van der Waals surface area (Å²) in [6, 6.07) is 8.24. The highest BCUT2D eigenvalue weighted by molar-refractivity contribution is 5.64. The molecule has 0 bridgehead atoms. The van der Waals surface area contributed by atoms with Crippen LogP contribution >= 0.6 is 0 Å². The van der Waals surface area contributed by atoms with Gasteiger partial charge in [-0.05, 0) is 49.8 Å². The van der Waals surface area contributed by atoms with Crippen LogP contribution in [0.1, 0.15) is 72.9 Å². The van der Waals surface area contributed by atoms with E-state index in [1.54, 1.807) is 0 Å². The quantitative estimate of drug-likeness (QED) is 0.616. The van der Waals surface area contributed by atoms with Gasteiger partial charge >= 0.3 is 0 Å². The van der Waals surface area contributed by atoms with E-state index >= 15 is 0 Å². The Morgan fingerprint density at radius 2 is 2.19 bits per heavy atom. The number of benzene rings is 1. The molecule has 1 spiro atoms. The van der Waals surface area contributed by atoms with Gasteiger partial charge < -0.3 is 20.1 Å². The summed E-state index contributed by atoms with van der Waals surface area (Å²) in [5.41, 5.74) is 11.5. The molecule has 4 unspecified atom stereocenters. The van der Waals surface area contributed by atoms with Gasteiger partial charge in [0, 0.05) is 62.0 Å². The second-order valence-electron chi connectivity index (χ2n) is 11.7. The Hall–Kier alpha value is -2.89. The predicted octanol–water partition coefficient (Wildman–Crippen LogP) is 4.42. The molecule has 2 fully saturated rings. The highest BCUT2D eigenvalue weighted by Crippen LogP contribution is 2.51. The van der Waals surface area contributed by atoms with Gasteiger partial charge in [0.1, 0.15) is 24.4 Å². The molecule has 2 aromatic rings. The van der Waals surface area contributed by atoms with Crippen LogP contribution in [0.5, 0.6) is 5.88 Å². The first-order valence-corrected chi connectivity index (χ1v) is 13.4. The number of pyridine rings is 1. The number of nitriles is 1. The first kappa shape index (κ1) is 24.4. The number of hydrogen-bond donors (Lipinski definition) is 1. The predicted molar refractivity (Wildman–Crippen MR) is 140 cm³/mol. The van der Waals surface area contributed by atoms with Crippen LogP contribution in [0, 0.1) is 11.3 Å². The Kier molecular flexibility index (Phi) is 5.85. The number of aromatic nitrogens is 1. The molecule has 196 valence electrons. The molecule has 7 nitrogen and oxygen atoms in total. The number of fused-ring (bicyclic) bond motifs is 4. The minimum absolute atomic E-state index is 0.225. The van der Waals surface area contributed by atoms with E-state index < -0.39 is 11.8 Å². The zero-order valence-corrected chi connectivity index (χ0v) is 22.0. The van der Waals surface area contributed by atoms with E-state index in [1.165, 1.54) is 0 Å². The maximum absolute atomic E-state index is 14.3.